The molecule has 0 bridgehead atoms. The topological polar surface area (TPSA) is 33.2 Å². The van der Waals surface area contributed by atoms with E-state index < -0.39 is 0 Å². The van der Waals surface area contributed by atoms with Crippen LogP contribution in [-0.2, 0) is 0 Å². The first kappa shape index (κ1) is 12.0. The van der Waals surface area contributed by atoms with Crippen LogP contribution in [0.1, 0.15) is 30.1 Å². The molecule has 0 radical (unpaired) electrons. The minimum absolute atomic E-state index is 0.0680. The number of hydrogen-bond donors (Lipinski definition) is 0. The molecule has 0 fully saturated rings. The highest BCUT2D eigenvalue weighted by molar-refractivity contribution is 6.33. The third kappa shape index (κ3) is 3.20. The summed E-state index contributed by atoms with van der Waals surface area (Å²) in [7, 11) is 1.78. The maximum atomic E-state index is 11.9. The maximum Gasteiger partial charge on any atom is 0.256 e. The Morgan fingerprint density at radius 3 is 2.93 bits per heavy atom. The zero-order valence-corrected chi connectivity index (χ0v) is 9.79. The van der Waals surface area contributed by atoms with E-state index in [1.807, 2.05) is 0 Å². The van der Waals surface area contributed by atoms with Crippen molar-refractivity contribution in [2.45, 2.75) is 19.8 Å². The largest absolute Gasteiger partial charge is 0.342 e. The van der Waals surface area contributed by atoms with Gasteiger partial charge < -0.3 is 4.90 Å². The molecule has 1 aromatic rings. The average Bonchev–Trinajstić information content (AvgIpc) is 2.25. The molecular weight excluding hydrogens is 212 g/mol. The van der Waals surface area contributed by atoms with Gasteiger partial charge in [0.15, 0.2) is 0 Å². The predicted molar refractivity (Wildman–Crippen MR) is 61.1 cm³/mol. The van der Waals surface area contributed by atoms with Gasteiger partial charge in [0.25, 0.3) is 5.91 Å². The van der Waals surface area contributed by atoms with E-state index in [2.05, 4.69) is 11.9 Å². The summed E-state index contributed by atoms with van der Waals surface area (Å²) in [6, 6.07) is 1.63. The van der Waals surface area contributed by atoms with E-state index in [0.717, 1.165) is 19.4 Å². The van der Waals surface area contributed by atoms with Gasteiger partial charge in [-0.05, 0) is 12.5 Å². The molecule has 0 atom stereocenters. The molecule has 82 valence electrons. The molecule has 0 saturated heterocycles. The number of carbonyl (C=O) groups is 1. The number of carbonyl (C=O) groups excluding carboxylic acids is 1. The normalized spacial score (nSPS) is 10.1. The molecule has 4 heteroatoms. The SMILES string of the molecule is CCCCN(C)C(=O)c1cnccc1Cl. The molecule has 3 nitrogen and oxygen atoms in total. The van der Waals surface area contributed by atoms with Crippen molar-refractivity contribution >= 4 is 17.5 Å². The number of rotatable bonds is 4. The second-order valence-corrected chi connectivity index (χ2v) is 3.84. The standard InChI is InChI=1S/C11H15ClN2O/c1-3-4-7-14(2)11(15)9-8-13-6-5-10(9)12/h5-6,8H,3-4,7H2,1-2H3. The van der Waals surface area contributed by atoms with Crippen molar-refractivity contribution in [3.8, 4) is 0 Å². The van der Waals surface area contributed by atoms with Crippen LogP contribution in [0, 0.1) is 0 Å². The van der Waals surface area contributed by atoms with Crippen molar-refractivity contribution in [3.63, 3.8) is 0 Å². The minimum atomic E-state index is -0.0680. The zero-order valence-electron chi connectivity index (χ0n) is 9.03. The van der Waals surface area contributed by atoms with Crippen molar-refractivity contribution in [3.05, 3.63) is 29.0 Å². The lowest BCUT2D eigenvalue weighted by Gasteiger charge is -2.16. The summed E-state index contributed by atoms with van der Waals surface area (Å²) in [5, 5.41) is 0.457. The number of hydrogen-bond acceptors (Lipinski definition) is 2. The molecule has 0 unspecified atom stereocenters. The van der Waals surface area contributed by atoms with Crippen LogP contribution in [-0.4, -0.2) is 29.4 Å². The first-order valence-electron chi connectivity index (χ1n) is 5.01. The summed E-state index contributed by atoms with van der Waals surface area (Å²) in [5.41, 5.74) is 0.470. The van der Waals surface area contributed by atoms with Crippen molar-refractivity contribution in [2.75, 3.05) is 13.6 Å². The van der Waals surface area contributed by atoms with Crippen molar-refractivity contribution in [1.82, 2.24) is 9.88 Å². The molecule has 0 spiro atoms. The summed E-state index contributed by atoms with van der Waals surface area (Å²) >= 11 is 5.91. The summed E-state index contributed by atoms with van der Waals surface area (Å²) in [4.78, 5) is 17.4. The lowest BCUT2D eigenvalue weighted by atomic mass is 10.2. The average molecular weight is 227 g/mol. The Morgan fingerprint density at radius 1 is 1.60 bits per heavy atom. The number of amides is 1. The van der Waals surface area contributed by atoms with Crippen LogP contribution < -0.4 is 0 Å². The fraction of sp³-hybridized carbons (Fsp3) is 0.455. The molecule has 0 aliphatic rings. The molecule has 0 aromatic carbocycles. The lowest BCUT2D eigenvalue weighted by Crippen LogP contribution is -2.28. The summed E-state index contributed by atoms with van der Waals surface area (Å²) in [5.74, 6) is -0.0680. The monoisotopic (exact) mass is 226 g/mol. The van der Waals surface area contributed by atoms with Crippen molar-refractivity contribution in [2.24, 2.45) is 0 Å². The first-order valence-corrected chi connectivity index (χ1v) is 5.39. The minimum Gasteiger partial charge on any atom is -0.342 e. The highest BCUT2D eigenvalue weighted by Crippen LogP contribution is 2.15. The van der Waals surface area contributed by atoms with E-state index in [1.165, 1.54) is 6.20 Å². The predicted octanol–water partition coefficient (Wildman–Crippen LogP) is 2.61. The number of halogens is 1. The maximum absolute atomic E-state index is 11.9. The van der Waals surface area contributed by atoms with Crippen LogP contribution in [0.5, 0.6) is 0 Å². The van der Waals surface area contributed by atoms with Crippen molar-refractivity contribution in [1.29, 1.82) is 0 Å². The van der Waals surface area contributed by atoms with Gasteiger partial charge in [0, 0.05) is 26.0 Å². The van der Waals surface area contributed by atoms with Gasteiger partial charge in [-0.15, -0.1) is 0 Å². The van der Waals surface area contributed by atoms with Gasteiger partial charge >= 0.3 is 0 Å². The fourth-order valence-electron chi connectivity index (χ4n) is 1.24. The quantitative estimate of drug-likeness (QED) is 0.791. The fourth-order valence-corrected chi connectivity index (χ4v) is 1.42. The third-order valence-corrected chi connectivity index (χ3v) is 2.52. The van der Waals surface area contributed by atoms with E-state index in [0.29, 0.717) is 10.6 Å². The van der Waals surface area contributed by atoms with Gasteiger partial charge in [-0.2, -0.15) is 0 Å². The van der Waals surface area contributed by atoms with Gasteiger partial charge in [0.2, 0.25) is 0 Å². The van der Waals surface area contributed by atoms with Gasteiger partial charge in [-0.1, -0.05) is 24.9 Å². The summed E-state index contributed by atoms with van der Waals surface area (Å²) in [6.45, 7) is 2.84. The van der Waals surface area contributed by atoms with Crippen LogP contribution in [0.2, 0.25) is 5.02 Å². The van der Waals surface area contributed by atoms with Crippen LogP contribution in [0.3, 0.4) is 0 Å². The van der Waals surface area contributed by atoms with Gasteiger partial charge in [-0.3, -0.25) is 9.78 Å². The van der Waals surface area contributed by atoms with Crippen LogP contribution in [0.15, 0.2) is 18.5 Å². The van der Waals surface area contributed by atoms with Crippen molar-refractivity contribution < 1.29 is 4.79 Å². The van der Waals surface area contributed by atoms with E-state index in [4.69, 9.17) is 11.6 Å². The molecule has 1 heterocycles. The number of nitrogens with zero attached hydrogens (tertiary/aromatic N) is 2. The molecule has 15 heavy (non-hydrogen) atoms. The van der Waals surface area contributed by atoms with E-state index in [9.17, 15) is 4.79 Å². The molecule has 1 amide bonds. The number of pyridine rings is 1. The molecule has 0 saturated carbocycles. The van der Waals surface area contributed by atoms with Gasteiger partial charge in [0.05, 0.1) is 10.6 Å². The van der Waals surface area contributed by atoms with E-state index >= 15 is 0 Å². The Labute approximate surface area is 95.1 Å². The molecule has 0 N–H and O–H groups in total. The van der Waals surface area contributed by atoms with E-state index in [-0.39, 0.29) is 5.91 Å². The molecule has 0 aliphatic heterocycles. The second kappa shape index (κ2) is 5.71. The lowest BCUT2D eigenvalue weighted by molar-refractivity contribution is 0.0793. The Bertz CT molecular complexity index is 341. The Kier molecular flexibility index (Phi) is 4.56. The molecule has 1 aromatic heterocycles. The smallest absolute Gasteiger partial charge is 0.256 e. The van der Waals surface area contributed by atoms with Crippen LogP contribution >= 0.6 is 11.6 Å². The Balaban J connectivity index is 2.72. The second-order valence-electron chi connectivity index (χ2n) is 3.44. The highest BCUT2D eigenvalue weighted by Gasteiger charge is 2.14. The Morgan fingerprint density at radius 2 is 2.33 bits per heavy atom. The highest BCUT2D eigenvalue weighted by atomic mass is 35.5. The first-order chi connectivity index (χ1) is 7.16. The molecule has 1 rings (SSSR count). The third-order valence-electron chi connectivity index (χ3n) is 2.19. The zero-order chi connectivity index (χ0) is 11.3. The molecular formula is C11H15ClN2O. The summed E-state index contributed by atoms with van der Waals surface area (Å²) < 4.78 is 0. The Hall–Kier alpha value is -1.09. The van der Waals surface area contributed by atoms with Crippen LogP contribution in [0.25, 0.3) is 0 Å². The van der Waals surface area contributed by atoms with E-state index in [1.54, 1.807) is 24.2 Å². The van der Waals surface area contributed by atoms with Gasteiger partial charge in [0.1, 0.15) is 0 Å². The summed E-state index contributed by atoms with van der Waals surface area (Å²) in [6.07, 6.45) is 5.15. The molecule has 0 aliphatic carbocycles. The van der Waals surface area contributed by atoms with Crippen LogP contribution in [0.4, 0.5) is 0 Å². The number of unbranched alkanes of at least 4 members (excludes halogenated alkanes) is 1. The van der Waals surface area contributed by atoms with Gasteiger partial charge in [-0.25, -0.2) is 0 Å². The number of aromatic nitrogens is 1.